The summed E-state index contributed by atoms with van der Waals surface area (Å²) in [6, 6.07) is 9.81. The van der Waals surface area contributed by atoms with Crippen LogP contribution in [0.25, 0.3) is 0 Å². The zero-order valence-electron chi connectivity index (χ0n) is 10.5. The van der Waals surface area contributed by atoms with E-state index < -0.39 is 10.0 Å². The van der Waals surface area contributed by atoms with E-state index in [-0.39, 0.29) is 17.5 Å². The molecule has 2 aromatic rings. The predicted molar refractivity (Wildman–Crippen MR) is 71.8 cm³/mol. The Morgan fingerprint density at radius 1 is 1.32 bits per heavy atom. The molecule has 0 amide bonds. The van der Waals surface area contributed by atoms with Crippen LogP contribution < -0.4 is 10.5 Å². The maximum Gasteiger partial charge on any atom is 0.240 e. The van der Waals surface area contributed by atoms with Gasteiger partial charge < -0.3 is 10.2 Å². The van der Waals surface area contributed by atoms with Gasteiger partial charge in [-0.25, -0.2) is 13.1 Å². The van der Waals surface area contributed by atoms with Gasteiger partial charge in [-0.05, 0) is 36.8 Å². The molecule has 19 heavy (non-hydrogen) atoms. The number of hydrogen-bond donors (Lipinski definition) is 2. The van der Waals surface area contributed by atoms with Gasteiger partial charge >= 0.3 is 0 Å². The molecule has 0 aliphatic heterocycles. The average Bonchev–Trinajstić information content (AvgIpc) is 2.90. The summed E-state index contributed by atoms with van der Waals surface area (Å²) >= 11 is 0. The molecule has 0 spiro atoms. The van der Waals surface area contributed by atoms with Gasteiger partial charge in [0, 0.05) is 6.04 Å². The van der Waals surface area contributed by atoms with Gasteiger partial charge in [0.25, 0.3) is 0 Å². The van der Waals surface area contributed by atoms with Crippen LogP contribution in [0.15, 0.2) is 52.0 Å². The molecule has 1 aromatic heterocycles. The number of nitrogens with two attached hydrogens (primary N) is 1. The Hall–Kier alpha value is -1.63. The summed E-state index contributed by atoms with van der Waals surface area (Å²) < 4.78 is 31.8. The molecule has 0 bridgehead atoms. The van der Waals surface area contributed by atoms with Crippen LogP contribution in [0.3, 0.4) is 0 Å². The summed E-state index contributed by atoms with van der Waals surface area (Å²) in [5.74, 6) is 0.562. The van der Waals surface area contributed by atoms with Crippen molar-refractivity contribution in [2.75, 3.05) is 0 Å². The van der Waals surface area contributed by atoms with Crippen molar-refractivity contribution in [3.8, 4) is 0 Å². The van der Waals surface area contributed by atoms with Crippen LogP contribution in [-0.2, 0) is 16.6 Å². The van der Waals surface area contributed by atoms with Gasteiger partial charge in [0.1, 0.15) is 5.76 Å². The second-order valence-corrected chi connectivity index (χ2v) is 6.03. The average molecular weight is 280 g/mol. The molecule has 1 aromatic carbocycles. The molecule has 0 saturated carbocycles. The Kier molecular flexibility index (Phi) is 4.04. The van der Waals surface area contributed by atoms with Gasteiger partial charge in [0.05, 0.1) is 17.7 Å². The second kappa shape index (κ2) is 5.56. The monoisotopic (exact) mass is 280 g/mol. The van der Waals surface area contributed by atoms with Crippen LogP contribution in [0, 0.1) is 0 Å². The van der Waals surface area contributed by atoms with Gasteiger partial charge in [-0.2, -0.15) is 0 Å². The SMILES string of the molecule is CC(N)c1cccc(S(=O)(=O)NCc2ccco2)c1. The number of nitrogens with one attached hydrogen (secondary N) is 1. The van der Waals surface area contributed by atoms with E-state index >= 15 is 0 Å². The van der Waals surface area contributed by atoms with Gasteiger partial charge in [0.15, 0.2) is 0 Å². The number of rotatable bonds is 5. The van der Waals surface area contributed by atoms with Crippen molar-refractivity contribution < 1.29 is 12.8 Å². The largest absolute Gasteiger partial charge is 0.468 e. The van der Waals surface area contributed by atoms with E-state index in [0.717, 1.165) is 5.56 Å². The maximum absolute atomic E-state index is 12.1. The Bertz CT molecular complexity index is 634. The summed E-state index contributed by atoms with van der Waals surface area (Å²) in [5, 5.41) is 0. The van der Waals surface area contributed by atoms with Gasteiger partial charge in [-0.3, -0.25) is 0 Å². The minimum absolute atomic E-state index is 0.123. The zero-order chi connectivity index (χ0) is 13.9. The van der Waals surface area contributed by atoms with Crippen LogP contribution in [0.2, 0.25) is 0 Å². The quantitative estimate of drug-likeness (QED) is 0.874. The number of hydrogen-bond acceptors (Lipinski definition) is 4. The third-order valence-electron chi connectivity index (χ3n) is 2.71. The van der Waals surface area contributed by atoms with Crippen LogP contribution in [0.1, 0.15) is 24.3 Å². The van der Waals surface area contributed by atoms with Crippen molar-refractivity contribution in [1.29, 1.82) is 0 Å². The molecule has 102 valence electrons. The minimum Gasteiger partial charge on any atom is -0.468 e. The van der Waals surface area contributed by atoms with E-state index in [9.17, 15) is 8.42 Å². The molecule has 0 fully saturated rings. The van der Waals surface area contributed by atoms with E-state index in [1.807, 2.05) is 6.92 Å². The van der Waals surface area contributed by atoms with Crippen molar-refractivity contribution in [1.82, 2.24) is 4.72 Å². The number of sulfonamides is 1. The molecule has 1 unspecified atom stereocenters. The van der Waals surface area contributed by atoms with Crippen LogP contribution in [0.5, 0.6) is 0 Å². The Morgan fingerprint density at radius 3 is 2.74 bits per heavy atom. The van der Waals surface area contributed by atoms with Crippen molar-refractivity contribution >= 4 is 10.0 Å². The number of furan rings is 1. The van der Waals surface area contributed by atoms with Gasteiger partial charge in [0.2, 0.25) is 10.0 Å². The normalized spacial score (nSPS) is 13.4. The fourth-order valence-electron chi connectivity index (χ4n) is 1.63. The van der Waals surface area contributed by atoms with Crippen molar-refractivity contribution in [3.63, 3.8) is 0 Å². The summed E-state index contributed by atoms with van der Waals surface area (Å²) in [4.78, 5) is 0.203. The highest BCUT2D eigenvalue weighted by Crippen LogP contribution is 2.16. The predicted octanol–water partition coefficient (Wildman–Crippen LogP) is 1.78. The third-order valence-corrected chi connectivity index (χ3v) is 4.11. The first-order valence-electron chi connectivity index (χ1n) is 5.86. The molecular formula is C13H16N2O3S. The van der Waals surface area contributed by atoms with E-state index in [2.05, 4.69) is 4.72 Å². The highest BCUT2D eigenvalue weighted by molar-refractivity contribution is 7.89. The smallest absolute Gasteiger partial charge is 0.240 e. The molecule has 5 nitrogen and oxygen atoms in total. The second-order valence-electron chi connectivity index (χ2n) is 4.27. The Balaban J connectivity index is 2.17. The molecule has 0 aliphatic carbocycles. The maximum atomic E-state index is 12.1. The minimum atomic E-state index is -3.56. The van der Waals surface area contributed by atoms with E-state index in [4.69, 9.17) is 10.2 Å². The molecule has 6 heteroatoms. The van der Waals surface area contributed by atoms with Crippen molar-refractivity contribution in [3.05, 3.63) is 54.0 Å². The standard InChI is InChI=1S/C13H16N2O3S/c1-10(14)11-4-2-6-13(8-11)19(16,17)15-9-12-5-3-7-18-12/h2-8,10,15H,9,14H2,1H3. The van der Waals surface area contributed by atoms with Gasteiger partial charge in [-0.1, -0.05) is 12.1 Å². The zero-order valence-corrected chi connectivity index (χ0v) is 11.4. The lowest BCUT2D eigenvalue weighted by molar-refractivity contribution is 0.498. The van der Waals surface area contributed by atoms with Crippen LogP contribution >= 0.6 is 0 Å². The topological polar surface area (TPSA) is 85.3 Å². The van der Waals surface area contributed by atoms with E-state index in [0.29, 0.717) is 5.76 Å². The van der Waals surface area contributed by atoms with E-state index in [1.54, 1.807) is 30.3 Å². The summed E-state index contributed by atoms with van der Waals surface area (Å²) in [6.07, 6.45) is 1.50. The Morgan fingerprint density at radius 2 is 2.11 bits per heavy atom. The fourth-order valence-corrected chi connectivity index (χ4v) is 2.68. The summed E-state index contributed by atoms with van der Waals surface area (Å²) in [7, 11) is -3.56. The molecule has 3 N–H and O–H groups in total. The lowest BCUT2D eigenvalue weighted by Crippen LogP contribution is -2.23. The Labute approximate surface area is 112 Å². The molecular weight excluding hydrogens is 264 g/mol. The van der Waals surface area contributed by atoms with E-state index in [1.165, 1.54) is 12.3 Å². The first-order chi connectivity index (χ1) is 8.99. The third kappa shape index (κ3) is 3.44. The lowest BCUT2D eigenvalue weighted by Gasteiger charge is -2.09. The van der Waals surface area contributed by atoms with Gasteiger partial charge in [-0.15, -0.1) is 0 Å². The van der Waals surface area contributed by atoms with Crippen molar-refractivity contribution in [2.45, 2.75) is 24.4 Å². The molecule has 1 atom stereocenters. The molecule has 1 heterocycles. The highest BCUT2D eigenvalue weighted by Gasteiger charge is 2.15. The van der Waals surface area contributed by atoms with Crippen molar-refractivity contribution in [2.24, 2.45) is 5.73 Å². The first-order valence-corrected chi connectivity index (χ1v) is 7.35. The van der Waals surface area contributed by atoms with Crippen LogP contribution in [-0.4, -0.2) is 8.42 Å². The highest BCUT2D eigenvalue weighted by atomic mass is 32.2. The molecule has 2 rings (SSSR count). The summed E-state index contributed by atoms with van der Waals surface area (Å²) in [6.45, 7) is 1.93. The first kappa shape index (κ1) is 13.8. The molecule has 0 radical (unpaired) electrons. The lowest BCUT2D eigenvalue weighted by atomic mass is 10.1. The number of benzene rings is 1. The summed E-state index contributed by atoms with van der Waals surface area (Å²) in [5.41, 5.74) is 6.53. The van der Waals surface area contributed by atoms with Crippen LogP contribution in [0.4, 0.5) is 0 Å². The molecule has 0 saturated heterocycles. The molecule has 0 aliphatic rings. The fraction of sp³-hybridized carbons (Fsp3) is 0.231.